The first-order valence-corrected chi connectivity index (χ1v) is 5.26. The molecular weight excluding hydrogens is 256 g/mol. The highest BCUT2D eigenvalue weighted by atomic mass is 16.5. The van der Waals surface area contributed by atoms with Gasteiger partial charge in [-0.2, -0.15) is 0 Å². The van der Waals surface area contributed by atoms with Gasteiger partial charge in [0.1, 0.15) is 6.61 Å². The second-order valence-electron chi connectivity index (χ2n) is 3.12. The maximum atomic E-state index is 10.5. The van der Waals surface area contributed by atoms with E-state index in [2.05, 4.69) is 4.74 Å². The van der Waals surface area contributed by atoms with Crippen molar-refractivity contribution >= 4 is 17.9 Å². The van der Waals surface area contributed by atoms with Gasteiger partial charge in [0.05, 0.1) is 17.7 Å². The van der Waals surface area contributed by atoms with Crippen LogP contribution in [0.25, 0.3) is 0 Å². The number of rotatable bonds is 4. The fourth-order valence-electron chi connectivity index (χ4n) is 1.06. The summed E-state index contributed by atoms with van der Waals surface area (Å²) >= 11 is 0. The molecule has 0 atom stereocenters. The van der Waals surface area contributed by atoms with Crippen molar-refractivity contribution in [3.8, 4) is 0 Å². The Morgan fingerprint density at radius 3 is 1.68 bits per heavy atom. The van der Waals surface area contributed by atoms with Crippen LogP contribution in [-0.2, 0) is 9.53 Å². The predicted molar refractivity (Wildman–Crippen MR) is 64.1 cm³/mol. The molecule has 0 aliphatic rings. The summed E-state index contributed by atoms with van der Waals surface area (Å²) in [5, 5.41) is 25.1. The zero-order chi connectivity index (χ0) is 14.8. The van der Waals surface area contributed by atoms with E-state index in [1.807, 2.05) is 0 Å². The minimum atomic E-state index is -1.23. The molecule has 0 bridgehead atoms. The zero-order valence-electron chi connectivity index (χ0n) is 10.2. The van der Waals surface area contributed by atoms with Gasteiger partial charge in [-0.15, -0.1) is 0 Å². The van der Waals surface area contributed by atoms with Crippen molar-refractivity contribution in [3.63, 3.8) is 0 Å². The molecule has 0 aliphatic carbocycles. The van der Waals surface area contributed by atoms with Crippen LogP contribution in [0.2, 0.25) is 0 Å². The van der Waals surface area contributed by atoms with Crippen molar-refractivity contribution in [1.82, 2.24) is 0 Å². The highest BCUT2D eigenvalue weighted by molar-refractivity contribution is 6.01. The number of carboxylic acids is 2. The summed E-state index contributed by atoms with van der Waals surface area (Å²) in [5.41, 5.74) is -0.380. The number of aromatic carboxylic acids is 2. The predicted octanol–water partition coefficient (Wildman–Crippen LogP) is 0.625. The summed E-state index contributed by atoms with van der Waals surface area (Å²) < 4.78 is 4.30. The lowest BCUT2D eigenvalue weighted by Crippen LogP contribution is -2.07. The topological polar surface area (TPSA) is 121 Å². The van der Waals surface area contributed by atoms with E-state index in [0.717, 1.165) is 0 Å². The highest BCUT2D eigenvalue weighted by Crippen LogP contribution is 2.07. The number of hydrogen-bond acceptors (Lipinski definition) is 5. The number of aliphatic hydroxyl groups excluding tert-OH is 1. The third-order valence-electron chi connectivity index (χ3n) is 1.82. The number of hydrogen-bond donors (Lipinski definition) is 3. The molecule has 0 aliphatic heterocycles. The molecule has 0 radical (unpaired) electrons. The van der Waals surface area contributed by atoms with Gasteiger partial charge in [0.25, 0.3) is 0 Å². The highest BCUT2D eigenvalue weighted by Gasteiger charge is 2.13. The van der Waals surface area contributed by atoms with Crippen molar-refractivity contribution in [2.75, 3.05) is 13.2 Å². The van der Waals surface area contributed by atoms with E-state index in [0.29, 0.717) is 6.61 Å². The molecule has 0 aromatic heterocycles. The fraction of sp³-hybridized carbons (Fsp3) is 0.250. The van der Waals surface area contributed by atoms with Crippen molar-refractivity contribution in [2.45, 2.75) is 6.92 Å². The molecule has 1 rings (SSSR count). The summed E-state index contributed by atoms with van der Waals surface area (Å²) in [6.45, 7) is 1.50. The average molecular weight is 270 g/mol. The van der Waals surface area contributed by atoms with E-state index in [-0.39, 0.29) is 11.1 Å². The molecule has 104 valence electrons. The number of benzene rings is 1. The first-order chi connectivity index (χ1) is 8.93. The lowest BCUT2D eigenvalue weighted by atomic mass is 10.1. The lowest BCUT2D eigenvalue weighted by Gasteiger charge is -1.98. The smallest absolute Gasteiger partial charge is 0.336 e. The van der Waals surface area contributed by atoms with Crippen LogP contribution in [0, 0.1) is 0 Å². The molecule has 0 heterocycles. The lowest BCUT2D eigenvalue weighted by molar-refractivity contribution is -0.146. The minimum Gasteiger partial charge on any atom is -0.478 e. The van der Waals surface area contributed by atoms with Crippen LogP contribution in [0.1, 0.15) is 27.6 Å². The largest absolute Gasteiger partial charge is 0.478 e. The number of aliphatic hydroxyl groups is 1. The number of esters is 1. The fourth-order valence-corrected chi connectivity index (χ4v) is 1.06. The Morgan fingerprint density at radius 2 is 1.47 bits per heavy atom. The zero-order valence-corrected chi connectivity index (χ0v) is 10.2. The van der Waals surface area contributed by atoms with Gasteiger partial charge in [-0.1, -0.05) is 12.1 Å². The van der Waals surface area contributed by atoms with E-state index in [4.69, 9.17) is 15.3 Å². The summed E-state index contributed by atoms with van der Waals surface area (Å²) in [5.74, 6) is -3.02. The second kappa shape index (κ2) is 8.65. The van der Waals surface area contributed by atoms with E-state index in [9.17, 15) is 14.4 Å². The molecule has 0 unspecified atom stereocenters. The molecule has 0 amide bonds. The monoisotopic (exact) mass is 270 g/mol. The van der Waals surface area contributed by atoms with E-state index < -0.39 is 24.5 Å². The Kier molecular flexibility index (Phi) is 7.55. The van der Waals surface area contributed by atoms with Crippen LogP contribution in [0.5, 0.6) is 0 Å². The Labute approximate surface area is 109 Å². The van der Waals surface area contributed by atoms with Crippen molar-refractivity contribution < 1.29 is 34.4 Å². The van der Waals surface area contributed by atoms with E-state index in [1.165, 1.54) is 24.3 Å². The Hall–Kier alpha value is -2.41. The Bertz CT molecular complexity index is 420. The van der Waals surface area contributed by atoms with Crippen LogP contribution in [-0.4, -0.2) is 46.4 Å². The summed E-state index contributed by atoms with van der Waals surface area (Å²) in [7, 11) is 0. The maximum Gasteiger partial charge on any atom is 0.336 e. The van der Waals surface area contributed by atoms with Gasteiger partial charge in [0.2, 0.25) is 0 Å². The maximum absolute atomic E-state index is 10.5. The molecule has 1 aromatic rings. The van der Waals surface area contributed by atoms with Gasteiger partial charge in [0, 0.05) is 0 Å². The molecule has 7 heteroatoms. The van der Waals surface area contributed by atoms with Gasteiger partial charge in [-0.25, -0.2) is 14.4 Å². The van der Waals surface area contributed by atoms with Crippen LogP contribution < -0.4 is 0 Å². The van der Waals surface area contributed by atoms with Crippen molar-refractivity contribution in [2.24, 2.45) is 0 Å². The molecular formula is C12H14O7. The molecule has 0 spiro atoms. The van der Waals surface area contributed by atoms with Crippen LogP contribution >= 0.6 is 0 Å². The molecule has 0 fully saturated rings. The third kappa shape index (κ3) is 6.18. The quantitative estimate of drug-likeness (QED) is 0.686. The van der Waals surface area contributed by atoms with Crippen LogP contribution in [0.4, 0.5) is 0 Å². The first-order valence-electron chi connectivity index (χ1n) is 5.26. The van der Waals surface area contributed by atoms with Gasteiger partial charge >= 0.3 is 17.9 Å². The van der Waals surface area contributed by atoms with Crippen LogP contribution in [0.15, 0.2) is 24.3 Å². The first kappa shape index (κ1) is 16.6. The number of carbonyl (C=O) groups excluding carboxylic acids is 1. The summed E-state index contributed by atoms with van der Waals surface area (Å²) in [4.78, 5) is 30.9. The Morgan fingerprint density at radius 1 is 1.05 bits per heavy atom. The number of carbonyl (C=O) groups is 3. The Balaban J connectivity index is 0.000000399. The number of ether oxygens (including phenoxy) is 1. The SMILES string of the molecule is CCOC(=O)CO.O=C(O)c1ccccc1C(=O)O. The van der Waals surface area contributed by atoms with Gasteiger partial charge < -0.3 is 20.1 Å². The average Bonchev–Trinajstić information content (AvgIpc) is 2.39. The van der Waals surface area contributed by atoms with E-state index >= 15 is 0 Å². The third-order valence-corrected chi connectivity index (χ3v) is 1.82. The molecule has 0 saturated carbocycles. The summed E-state index contributed by atoms with van der Waals surface area (Å²) in [6, 6.07) is 5.48. The normalized spacial score (nSPS) is 8.95. The molecule has 1 aromatic carbocycles. The van der Waals surface area contributed by atoms with Crippen molar-refractivity contribution in [3.05, 3.63) is 35.4 Å². The molecule has 19 heavy (non-hydrogen) atoms. The standard InChI is InChI=1S/C8H6O4.C4H8O3/c9-7(10)5-3-1-2-4-6(5)8(11)12;1-2-7-4(6)3-5/h1-4H,(H,9,10)(H,11,12);5H,2-3H2,1H3. The molecule has 3 N–H and O–H groups in total. The number of carboxylic acid groups (broad SMARTS) is 2. The second-order valence-corrected chi connectivity index (χ2v) is 3.12. The van der Waals surface area contributed by atoms with Gasteiger partial charge in [0.15, 0.2) is 0 Å². The minimum absolute atomic E-state index is 0.190. The van der Waals surface area contributed by atoms with E-state index in [1.54, 1.807) is 6.92 Å². The van der Waals surface area contributed by atoms with Crippen LogP contribution in [0.3, 0.4) is 0 Å². The molecule has 0 saturated heterocycles. The van der Waals surface area contributed by atoms with Crippen molar-refractivity contribution in [1.29, 1.82) is 0 Å². The van der Waals surface area contributed by atoms with Gasteiger partial charge in [-0.3, -0.25) is 0 Å². The van der Waals surface area contributed by atoms with Gasteiger partial charge in [-0.05, 0) is 19.1 Å². The molecule has 7 nitrogen and oxygen atoms in total. The summed E-state index contributed by atoms with van der Waals surface area (Å²) in [6.07, 6.45) is 0.